The summed E-state index contributed by atoms with van der Waals surface area (Å²) in [7, 11) is 0. The van der Waals surface area contributed by atoms with Gasteiger partial charge in [0.1, 0.15) is 12.4 Å². The first-order valence-corrected chi connectivity index (χ1v) is 13.3. The molecule has 0 aromatic heterocycles. The summed E-state index contributed by atoms with van der Waals surface area (Å²) in [4.78, 5) is 12.1. The van der Waals surface area contributed by atoms with Crippen LogP contribution in [0.2, 0.25) is 0 Å². The fraction of sp³-hybridized carbons (Fsp3) is 0.143. The molecule has 4 aromatic rings. The highest BCUT2D eigenvalue weighted by atomic mass is 127. The predicted octanol–water partition coefficient (Wildman–Crippen LogP) is 6.81. The van der Waals surface area contributed by atoms with Gasteiger partial charge in [-0.25, -0.2) is 5.43 Å². The summed E-state index contributed by atoms with van der Waals surface area (Å²) in [5.74, 6) is 0.636. The second-order valence-corrected chi connectivity index (χ2v) is 10.5. The molecule has 0 aliphatic carbocycles. The number of benzene rings is 4. The number of ether oxygens (including phenoxy) is 1. The minimum Gasteiger partial charge on any atom is -0.487 e. The summed E-state index contributed by atoms with van der Waals surface area (Å²) >= 11 is 4.55. The van der Waals surface area contributed by atoms with E-state index in [1.54, 1.807) is 6.21 Å². The smallest absolute Gasteiger partial charge is 0.259 e. The highest BCUT2D eigenvalue weighted by Gasteiger charge is 2.10. The molecule has 0 aliphatic heterocycles. The minimum absolute atomic E-state index is 0.149. The van der Waals surface area contributed by atoms with Gasteiger partial charge in [-0.1, -0.05) is 48.5 Å². The first-order chi connectivity index (χ1) is 16.9. The van der Waals surface area contributed by atoms with Crippen LogP contribution in [-0.2, 0) is 11.4 Å². The second-order valence-electron chi connectivity index (χ2n) is 8.19. The lowest BCUT2D eigenvalue weighted by atomic mass is 10.1. The van der Waals surface area contributed by atoms with Gasteiger partial charge in [0.05, 0.1) is 19.9 Å². The van der Waals surface area contributed by atoms with Crippen molar-refractivity contribution in [3.8, 4) is 5.75 Å². The Balaban J connectivity index is 1.34. The number of aryl methyl sites for hydroxylation is 2. The third-order valence-electron chi connectivity index (χ3n) is 5.64. The Kier molecular flexibility index (Phi) is 8.61. The molecule has 0 atom stereocenters. The number of amides is 1. The van der Waals surface area contributed by atoms with Crippen LogP contribution in [0.15, 0.2) is 77.9 Å². The molecule has 0 aliphatic rings. The van der Waals surface area contributed by atoms with Crippen molar-refractivity contribution in [1.82, 2.24) is 5.43 Å². The second kappa shape index (κ2) is 11.9. The van der Waals surface area contributed by atoms with E-state index >= 15 is 0 Å². The molecule has 4 aromatic carbocycles. The summed E-state index contributed by atoms with van der Waals surface area (Å²) in [6, 6.07) is 24.6. The van der Waals surface area contributed by atoms with Crippen molar-refractivity contribution in [3.63, 3.8) is 0 Å². The van der Waals surface area contributed by atoms with Crippen LogP contribution in [0, 0.1) is 21.0 Å². The van der Waals surface area contributed by atoms with Gasteiger partial charge in [-0.15, -0.1) is 0 Å². The monoisotopic (exact) mass is 689 g/mol. The molecule has 0 heterocycles. The molecule has 2 N–H and O–H groups in total. The molecule has 4 rings (SSSR count). The number of hydrogen-bond acceptors (Lipinski definition) is 4. The van der Waals surface area contributed by atoms with Gasteiger partial charge in [-0.3, -0.25) is 4.79 Å². The minimum atomic E-state index is -0.209. The van der Waals surface area contributed by atoms with Crippen molar-refractivity contribution in [2.24, 2.45) is 5.10 Å². The number of carbonyl (C=O) groups is 1. The number of fused-ring (bicyclic) bond motifs is 1. The fourth-order valence-electron chi connectivity index (χ4n) is 3.61. The number of carbonyl (C=O) groups excluding carboxylic acids is 1. The van der Waals surface area contributed by atoms with E-state index in [2.05, 4.69) is 98.3 Å². The van der Waals surface area contributed by atoms with Gasteiger partial charge in [0.2, 0.25) is 0 Å². The van der Waals surface area contributed by atoms with Crippen LogP contribution in [0.3, 0.4) is 0 Å². The Morgan fingerprint density at radius 3 is 2.46 bits per heavy atom. The zero-order valence-electron chi connectivity index (χ0n) is 19.4. The Morgan fingerprint density at radius 2 is 1.69 bits per heavy atom. The summed E-state index contributed by atoms with van der Waals surface area (Å²) in [6.07, 6.45) is 1.65. The fourth-order valence-corrected chi connectivity index (χ4v) is 5.74. The highest BCUT2D eigenvalue weighted by molar-refractivity contribution is 14.1. The van der Waals surface area contributed by atoms with E-state index in [-0.39, 0.29) is 12.5 Å². The van der Waals surface area contributed by atoms with Gasteiger partial charge in [0.25, 0.3) is 5.91 Å². The van der Waals surface area contributed by atoms with E-state index < -0.39 is 0 Å². The lowest BCUT2D eigenvalue weighted by molar-refractivity contribution is -0.119. The number of rotatable bonds is 8. The van der Waals surface area contributed by atoms with Gasteiger partial charge < -0.3 is 10.1 Å². The molecule has 5 nitrogen and oxygen atoms in total. The zero-order valence-corrected chi connectivity index (χ0v) is 23.8. The molecule has 7 heteroatoms. The number of nitrogens with zero attached hydrogens (tertiary/aromatic N) is 1. The molecule has 35 heavy (non-hydrogen) atoms. The Bertz CT molecular complexity index is 1370. The Morgan fingerprint density at radius 1 is 0.943 bits per heavy atom. The maximum atomic E-state index is 12.1. The average Bonchev–Trinajstić information content (AvgIpc) is 2.84. The molecule has 0 fully saturated rings. The molecule has 0 bridgehead atoms. The van der Waals surface area contributed by atoms with Crippen LogP contribution in [0.4, 0.5) is 5.69 Å². The van der Waals surface area contributed by atoms with Crippen LogP contribution in [0.25, 0.3) is 10.8 Å². The van der Waals surface area contributed by atoms with Gasteiger partial charge in [0, 0.05) is 5.69 Å². The van der Waals surface area contributed by atoms with Gasteiger partial charge in [0.15, 0.2) is 0 Å². The van der Waals surface area contributed by atoms with Crippen molar-refractivity contribution in [1.29, 1.82) is 0 Å². The molecule has 0 unspecified atom stereocenters. The lowest BCUT2D eigenvalue weighted by Gasteiger charge is -2.13. The first-order valence-electron chi connectivity index (χ1n) is 11.1. The maximum absolute atomic E-state index is 12.1. The summed E-state index contributed by atoms with van der Waals surface area (Å²) in [5.41, 5.74) is 7.93. The third-order valence-corrected chi connectivity index (χ3v) is 7.24. The van der Waals surface area contributed by atoms with Crippen molar-refractivity contribution in [2.45, 2.75) is 20.5 Å². The normalized spacial score (nSPS) is 11.1. The maximum Gasteiger partial charge on any atom is 0.259 e. The molecule has 0 spiro atoms. The molecular weight excluding hydrogens is 664 g/mol. The van der Waals surface area contributed by atoms with Gasteiger partial charge in [-0.2, -0.15) is 5.10 Å². The third kappa shape index (κ3) is 6.72. The summed E-state index contributed by atoms with van der Waals surface area (Å²) in [5, 5.41) is 9.64. The number of hydrogen-bond donors (Lipinski definition) is 2. The predicted molar refractivity (Wildman–Crippen MR) is 160 cm³/mol. The van der Waals surface area contributed by atoms with Crippen molar-refractivity contribution in [2.75, 3.05) is 11.9 Å². The Labute approximate surface area is 232 Å². The van der Waals surface area contributed by atoms with Crippen LogP contribution < -0.4 is 15.5 Å². The lowest BCUT2D eigenvalue weighted by Crippen LogP contribution is -2.25. The van der Waals surface area contributed by atoms with E-state index in [0.29, 0.717) is 6.61 Å². The van der Waals surface area contributed by atoms with Crippen LogP contribution in [0.1, 0.15) is 22.3 Å². The standard InChI is InChI=1S/C28H25I2N3O2/c1-18-10-11-23(12-19(18)2)31-16-27(34)33-32-15-20-13-25(29)28(26(30)14-20)35-17-22-8-5-7-21-6-3-4-9-24(21)22/h3-15,31H,16-17H2,1-2H3,(H,33,34)/b32-15-. The van der Waals surface area contributed by atoms with Crippen LogP contribution in [-0.4, -0.2) is 18.7 Å². The quantitative estimate of drug-likeness (QED) is 0.122. The van der Waals surface area contributed by atoms with E-state index in [1.807, 2.05) is 49.4 Å². The molecule has 0 saturated carbocycles. The van der Waals surface area contributed by atoms with E-state index in [4.69, 9.17) is 4.74 Å². The number of halogens is 2. The van der Waals surface area contributed by atoms with Gasteiger partial charge in [-0.05, 0) is 116 Å². The summed E-state index contributed by atoms with van der Waals surface area (Å²) < 4.78 is 8.18. The SMILES string of the molecule is Cc1ccc(NCC(=O)N/N=C\c2cc(I)c(OCc3cccc4ccccc34)c(I)c2)cc1C. The summed E-state index contributed by atoms with van der Waals surface area (Å²) in [6.45, 7) is 4.75. The zero-order chi connectivity index (χ0) is 24.8. The van der Waals surface area contributed by atoms with Crippen molar-refractivity contribution < 1.29 is 9.53 Å². The van der Waals surface area contributed by atoms with E-state index in [1.165, 1.54) is 21.9 Å². The molecule has 0 saturated heterocycles. The average molecular weight is 689 g/mol. The van der Waals surface area contributed by atoms with Crippen molar-refractivity contribution >= 4 is 73.8 Å². The van der Waals surface area contributed by atoms with Gasteiger partial charge >= 0.3 is 0 Å². The molecular formula is C28H25I2N3O2. The Hall–Kier alpha value is -2.66. The molecule has 0 radical (unpaired) electrons. The van der Waals surface area contributed by atoms with Crippen LogP contribution >= 0.6 is 45.2 Å². The van der Waals surface area contributed by atoms with E-state index in [0.717, 1.165) is 29.7 Å². The topological polar surface area (TPSA) is 62.7 Å². The first kappa shape index (κ1) is 25.4. The number of anilines is 1. The highest BCUT2D eigenvalue weighted by Crippen LogP contribution is 2.30. The molecule has 178 valence electrons. The largest absolute Gasteiger partial charge is 0.487 e. The van der Waals surface area contributed by atoms with Crippen molar-refractivity contribution in [3.05, 3.63) is 102 Å². The number of nitrogens with one attached hydrogen (secondary N) is 2. The molecule has 1 amide bonds. The van der Waals surface area contributed by atoms with E-state index in [9.17, 15) is 4.79 Å². The number of hydrazone groups is 1. The van der Waals surface area contributed by atoms with Crippen LogP contribution in [0.5, 0.6) is 5.75 Å².